The first kappa shape index (κ1) is 18.6. The SMILES string of the molecule is COC(=O)c1ccc(/C=C(\C#N)c2nc(-c3ccc(C)cc3C)cs2)cc1. The minimum Gasteiger partial charge on any atom is -0.465 e. The first-order valence-corrected chi connectivity index (χ1v) is 9.23. The van der Waals surface area contributed by atoms with E-state index in [9.17, 15) is 10.1 Å². The Bertz CT molecular complexity index is 1060. The van der Waals surface area contributed by atoms with Gasteiger partial charge in [0.2, 0.25) is 0 Å². The van der Waals surface area contributed by atoms with E-state index in [0.29, 0.717) is 16.1 Å². The van der Waals surface area contributed by atoms with E-state index in [4.69, 9.17) is 4.74 Å². The van der Waals surface area contributed by atoms with Gasteiger partial charge < -0.3 is 4.74 Å². The summed E-state index contributed by atoms with van der Waals surface area (Å²) in [6.07, 6.45) is 1.77. The number of carbonyl (C=O) groups excluding carboxylic acids is 1. The lowest BCUT2D eigenvalue weighted by molar-refractivity contribution is 0.0600. The van der Waals surface area contributed by atoms with Gasteiger partial charge in [-0.15, -0.1) is 11.3 Å². The number of benzene rings is 2. The van der Waals surface area contributed by atoms with Gasteiger partial charge in [0.1, 0.15) is 11.1 Å². The monoisotopic (exact) mass is 374 g/mol. The fourth-order valence-electron chi connectivity index (χ4n) is 2.76. The third-order valence-corrected chi connectivity index (χ3v) is 5.03. The first-order valence-electron chi connectivity index (χ1n) is 8.35. The van der Waals surface area contributed by atoms with Crippen molar-refractivity contribution in [3.8, 4) is 17.3 Å². The predicted octanol–water partition coefficient (Wildman–Crippen LogP) is 5.28. The van der Waals surface area contributed by atoms with Crippen LogP contribution in [0.25, 0.3) is 22.9 Å². The van der Waals surface area contributed by atoms with Crippen molar-refractivity contribution >= 4 is 29.0 Å². The van der Waals surface area contributed by atoms with Crippen molar-refractivity contribution in [2.24, 2.45) is 0 Å². The van der Waals surface area contributed by atoms with Gasteiger partial charge in [0.05, 0.1) is 23.9 Å². The molecule has 0 amide bonds. The number of hydrogen-bond donors (Lipinski definition) is 0. The molecule has 0 aliphatic heterocycles. The van der Waals surface area contributed by atoms with E-state index in [2.05, 4.69) is 43.1 Å². The minimum absolute atomic E-state index is 0.385. The molecule has 5 heteroatoms. The lowest BCUT2D eigenvalue weighted by atomic mass is 10.0. The largest absolute Gasteiger partial charge is 0.465 e. The smallest absolute Gasteiger partial charge is 0.337 e. The Labute approximate surface area is 162 Å². The fourth-order valence-corrected chi connectivity index (χ4v) is 3.55. The summed E-state index contributed by atoms with van der Waals surface area (Å²) in [6, 6.07) is 15.4. The average Bonchev–Trinajstić information content (AvgIpc) is 3.15. The molecule has 0 N–H and O–H groups in total. The van der Waals surface area contributed by atoms with Gasteiger partial charge >= 0.3 is 5.97 Å². The van der Waals surface area contributed by atoms with Gasteiger partial charge in [-0.05, 0) is 43.2 Å². The minimum atomic E-state index is -0.385. The summed E-state index contributed by atoms with van der Waals surface area (Å²) in [5.74, 6) is -0.385. The molecular formula is C22H18N2O2S. The van der Waals surface area contributed by atoms with Crippen LogP contribution in [-0.4, -0.2) is 18.1 Å². The zero-order chi connectivity index (χ0) is 19.4. The Morgan fingerprint density at radius 3 is 2.56 bits per heavy atom. The molecule has 0 saturated carbocycles. The summed E-state index contributed by atoms with van der Waals surface area (Å²) in [4.78, 5) is 16.2. The molecule has 3 aromatic rings. The van der Waals surface area contributed by atoms with Crippen LogP contribution in [-0.2, 0) is 4.74 Å². The van der Waals surface area contributed by atoms with E-state index >= 15 is 0 Å². The number of hydrogen-bond acceptors (Lipinski definition) is 5. The van der Waals surface area contributed by atoms with Crippen LogP contribution in [0.4, 0.5) is 0 Å². The molecule has 0 aliphatic carbocycles. The van der Waals surface area contributed by atoms with Crippen molar-refractivity contribution in [1.29, 1.82) is 5.26 Å². The standard InChI is InChI=1S/C22H18N2O2S/c1-14-4-9-19(15(2)10-14)20-13-27-21(24-20)18(12-23)11-16-5-7-17(8-6-16)22(25)26-3/h4-11,13H,1-3H3/b18-11+. The van der Waals surface area contributed by atoms with Crippen molar-refractivity contribution in [2.75, 3.05) is 7.11 Å². The summed E-state index contributed by atoms with van der Waals surface area (Å²) in [5.41, 5.74) is 6.09. The van der Waals surface area contributed by atoms with Crippen molar-refractivity contribution < 1.29 is 9.53 Å². The second-order valence-corrected chi connectivity index (χ2v) is 7.00. The normalized spacial score (nSPS) is 11.1. The van der Waals surface area contributed by atoms with Crippen LogP contribution in [0.2, 0.25) is 0 Å². The molecule has 1 heterocycles. The third kappa shape index (κ3) is 4.13. The van der Waals surface area contributed by atoms with Crippen molar-refractivity contribution in [3.05, 3.63) is 75.1 Å². The molecular weight excluding hydrogens is 356 g/mol. The second-order valence-electron chi connectivity index (χ2n) is 6.14. The van der Waals surface area contributed by atoms with E-state index in [1.807, 2.05) is 5.38 Å². The summed E-state index contributed by atoms with van der Waals surface area (Å²) in [6.45, 7) is 4.12. The maximum absolute atomic E-state index is 11.5. The number of thiazole rings is 1. The first-order chi connectivity index (χ1) is 13.0. The number of aryl methyl sites for hydroxylation is 2. The average molecular weight is 374 g/mol. The number of esters is 1. The van der Waals surface area contributed by atoms with Gasteiger partial charge in [-0.3, -0.25) is 0 Å². The van der Waals surface area contributed by atoms with Crippen molar-refractivity contribution in [3.63, 3.8) is 0 Å². The summed E-state index contributed by atoms with van der Waals surface area (Å²) in [5, 5.41) is 12.2. The van der Waals surface area contributed by atoms with E-state index < -0.39 is 0 Å². The lowest BCUT2D eigenvalue weighted by Crippen LogP contribution is -2.00. The van der Waals surface area contributed by atoms with Gasteiger partial charge in [0.15, 0.2) is 0 Å². The maximum Gasteiger partial charge on any atom is 0.337 e. The van der Waals surface area contributed by atoms with Gasteiger partial charge in [-0.25, -0.2) is 9.78 Å². The summed E-state index contributed by atoms with van der Waals surface area (Å²) < 4.78 is 4.69. The summed E-state index contributed by atoms with van der Waals surface area (Å²) >= 11 is 1.44. The van der Waals surface area contributed by atoms with Gasteiger partial charge in [-0.2, -0.15) is 5.26 Å². The van der Waals surface area contributed by atoms with Gasteiger partial charge in [0, 0.05) is 10.9 Å². The number of allylic oxidation sites excluding steroid dienone is 1. The predicted molar refractivity (Wildman–Crippen MR) is 108 cm³/mol. The van der Waals surface area contributed by atoms with Crippen molar-refractivity contribution in [1.82, 2.24) is 4.98 Å². The number of carbonyl (C=O) groups is 1. The molecule has 27 heavy (non-hydrogen) atoms. The zero-order valence-corrected chi connectivity index (χ0v) is 16.1. The number of aromatic nitrogens is 1. The van der Waals surface area contributed by atoms with E-state index in [-0.39, 0.29) is 5.97 Å². The van der Waals surface area contributed by atoms with Crippen LogP contribution >= 0.6 is 11.3 Å². The zero-order valence-electron chi connectivity index (χ0n) is 15.3. The highest BCUT2D eigenvalue weighted by Crippen LogP contribution is 2.29. The van der Waals surface area contributed by atoms with E-state index in [0.717, 1.165) is 22.4 Å². The lowest BCUT2D eigenvalue weighted by Gasteiger charge is -2.03. The fraction of sp³-hybridized carbons (Fsp3) is 0.136. The molecule has 1 aromatic heterocycles. The van der Waals surface area contributed by atoms with Gasteiger partial charge in [-0.1, -0.05) is 35.9 Å². The molecule has 134 valence electrons. The maximum atomic E-state index is 11.5. The molecule has 2 aromatic carbocycles. The highest BCUT2D eigenvalue weighted by Gasteiger charge is 2.11. The Morgan fingerprint density at radius 1 is 1.19 bits per heavy atom. The number of ether oxygens (including phenoxy) is 1. The molecule has 0 fully saturated rings. The molecule has 0 bridgehead atoms. The number of nitriles is 1. The number of methoxy groups -OCH3 is 1. The number of nitrogens with zero attached hydrogens (tertiary/aromatic N) is 2. The van der Waals surface area contributed by atoms with Crippen LogP contribution in [0.5, 0.6) is 0 Å². The highest BCUT2D eigenvalue weighted by molar-refractivity contribution is 7.11. The van der Waals surface area contributed by atoms with Crippen molar-refractivity contribution in [2.45, 2.75) is 13.8 Å². The Hall–Kier alpha value is -3.23. The Morgan fingerprint density at radius 2 is 1.93 bits per heavy atom. The molecule has 0 saturated heterocycles. The molecule has 0 radical (unpaired) electrons. The topological polar surface area (TPSA) is 63.0 Å². The van der Waals surface area contributed by atoms with Crippen LogP contribution in [0.3, 0.4) is 0 Å². The van der Waals surface area contributed by atoms with Crippen LogP contribution < -0.4 is 0 Å². The molecule has 4 nitrogen and oxygen atoms in total. The summed E-state index contributed by atoms with van der Waals surface area (Å²) in [7, 11) is 1.35. The third-order valence-electron chi connectivity index (χ3n) is 4.16. The van der Waals surface area contributed by atoms with Crippen LogP contribution in [0.15, 0.2) is 47.8 Å². The van der Waals surface area contributed by atoms with Crippen LogP contribution in [0, 0.1) is 25.2 Å². The van der Waals surface area contributed by atoms with E-state index in [1.54, 1.807) is 30.3 Å². The highest BCUT2D eigenvalue weighted by atomic mass is 32.1. The molecule has 3 rings (SSSR count). The molecule has 0 atom stereocenters. The second kappa shape index (κ2) is 7.98. The Kier molecular flexibility index (Phi) is 5.49. The number of rotatable bonds is 4. The molecule has 0 aliphatic rings. The quantitative estimate of drug-likeness (QED) is 0.460. The Balaban J connectivity index is 1.90. The molecule has 0 unspecified atom stereocenters. The van der Waals surface area contributed by atoms with Crippen LogP contribution in [0.1, 0.15) is 32.1 Å². The van der Waals surface area contributed by atoms with Gasteiger partial charge in [0.25, 0.3) is 0 Å². The van der Waals surface area contributed by atoms with E-state index in [1.165, 1.54) is 24.0 Å². The molecule has 0 spiro atoms.